The van der Waals surface area contributed by atoms with E-state index in [1.807, 2.05) is 24.3 Å². The Morgan fingerprint density at radius 2 is 1.81 bits per heavy atom. The van der Waals surface area contributed by atoms with Crippen molar-refractivity contribution < 1.29 is 19.1 Å². The lowest BCUT2D eigenvalue weighted by molar-refractivity contribution is -0.121. The number of benzene rings is 2. The highest BCUT2D eigenvalue weighted by atomic mass is 79.9. The molecule has 0 atom stereocenters. The van der Waals surface area contributed by atoms with Crippen LogP contribution in [-0.2, 0) is 11.4 Å². The Bertz CT molecular complexity index is 926. The summed E-state index contributed by atoms with van der Waals surface area (Å²) in [5, 5.41) is 2.53. The van der Waals surface area contributed by atoms with E-state index in [9.17, 15) is 9.59 Å². The molecule has 1 aliphatic heterocycles. The molecular weight excluding hydrogens is 480 g/mol. The van der Waals surface area contributed by atoms with Crippen molar-refractivity contribution in [3.8, 4) is 11.5 Å². The number of carbonyl (C=O) groups is 2. The zero-order valence-electron chi connectivity index (χ0n) is 14.6. The molecule has 2 aromatic carbocycles. The first-order valence-corrected chi connectivity index (χ1v) is 9.53. The molecule has 1 N–H and O–H groups in total. The van der Waals surface area contributed by atoms with Crippen molar-refractivity contribution in [1.82, 2.24) is 10.2 Å². The van der Waals surface area contributed by atoms with Gasteiger partial charge in [0, 0.05) is 16.0 Å². The van der Waals surface area contributed by atoms with Crippen molar-refractivity contribution in [1.29, 1.82) is 0 Å². The number of nitrogens with one attached hydrogen (secondary N) is 1. The molecule has 140 valence electrons. The number of urea groups is 1. The molecule has 0 aliphatic carbocycles. The third-order valence-corrected chi connectivity index (χ3v) is 5.19. The van der Waals surface area contributed by atoms with Crippen molar-refractivity contribution in [3.63, 3.8) is 0 Å². The van der Waals surface area contributed by atoms with Gasteiger partial charge in [0.1, 0.15) is 12.3 Å². The van der Waals surface area contributed by atoms with Gasteiger partial charge in [-0.2, -0.15) is 0 Å². The van der Waals surface area contributed by atoms with E-state index in [1.165, 1.54) is 7.05 Å². The average molecular weight is 496 g/mol. The smallest absolute Gasteiger partial charge is 0.328 e. The lowest BCUT2D eigenvalue weighted by Crippen LogP contribution is -2.25. The molecule has 0 aromatic heterocycles. The predicted molar refractivity (Wildman–Crippen MR) is 108 cm³/mol. The van der Waals surface area contributed by atoms with Gasteiger partial charge in [-0.1, -0.05) is 44.0 Å². The fraction of sp³-hybridized carbons (Fsp3) is 0.158. The number of methoxy groups -OCH3 is 1. The van der Waals surface area contributed by atoms with Gasteiger partial charge in [-0.3, -0.25) is 9.69 Å². The van der Waals surface area contributed by atoms with E-state index in [2.05, 4.69) is 37.2 Å². The average Bonchev–Trinajstić information content (AvgIpc) is 2.89. The van der Waals surface area contributed by atoms with Gasteiger partial charge in [0.15, 0.2) is 11.5 Å². The summed E-state index contributed by atoms with van der Waals surface area (Å²) in [4.78, 5) is 24.6. The Morgan fingerprint density at radius 3 is 2.41 bits per heavy atom. The molecule has 1 saturated heterocycles. The van der Waals surface area contributed by atoms with Crippen LogP contribution in [0.15, 0.2) is 51.0 Å². The SMILES string of the molecule is COc1cc(/C=C2/NC(=O)N(C)C2=O)c(Br)cc1OCc1ccc(Br)cc1. The number of rotatable bonds is 5. The van der Waals surface area contributed by atoms with Crippen LogP contribution in [0.4, 0.5) is 4.79 Å². The fourth-order valence-corrected chi connectivity index (χ4v) is 3.16. The van der Waals surface area contributed by atoms with E-state index in [-0.39, 0.29) is 11.6 Å². The highest BCUT2D eigenvalue weighted by Crippen LogP contribution is 2.35. The lowest BCUT2D eigenvalue weighted by Gasteiger charge is -2.13. The van der Waals surface area contributed by atoms with Crippen LogP contribution in [0.1, 0.15) is 11.1 Å². The van der Waals surface area contributed by atoms with E-state index in [0.29, 0.717) is 28.1 Å². The monoisotopic (exact) mass is 494 g/mol. The van der Waals surface area contributed by atoms with Gasteiger partial charge >= 0.3 is 6.03 Å². The van der Waals surface area contributed by atoms with Gasteiger partial charge in [-0.15, -0.1) is 0 Å². The molecule has 1 heterocycles. The van der Waals surface area contributed by atoms with Crippen molar-refractivity contribution in [2.45, 2.75) is 6.61 Å². The quantitative estimate of drug-likeness (QED) is 0.495. The number of ether oxygens (including phenoxy) is 2. The van der Waals surface area contributed by atoms with Crippen LogP contribution in [-0.4, -0.2) is 31.0 Å². The minimum atomic E-state index is -0.455. The summed E-state index contributed by atoms with van der Waals surface area (Å²) in [5.74, 6) is 0.696. The summed E-state index contributed by atoms with van der Waals surface area (Å²) in [6, 6.07) is 10.9. The molecule has 6 nitrogen and oxygen atoms in total. The maximum atomic E-state index is 12.0. The first-order valence-electron chi connectivity index (χ1n) is 7.94. The minimum Gasteiger partial charge on any atom is -0.493 e. The second kappa shape index (κ2) is 8.14. The maximum Gasteiger partial charge on any atom is 0.328 e. The molecule has 0 unspecified atom stereocenters. The van der Waals surface area contributed by atoms with E-state index >= 15 is 0 Å². The van der Waals surface area contributed by atoms with Crippen LogP contribution in [0.3, 0.4) is 0 Å². The molecule has 0 radical (unpaired) electrons. The standard InChI is InChI=1S/C19H16Br2N2O4/c1-23-18(24)15(22-19(23)25)7-12-8-16(26-2)17(9-14(12)21)27-10-11-3-5-13(20)6-4-11/h3-9H,10H2,1-2H3,(H,22,25)/b15-7+. The first-order chi connectivity index (χ1) is 12.9. The summed E-state index contributed by atoms with van der Waals surface area (Å²) in [5.41, 5.74) is 1.90. The Kier molecular flexibility index (Phi) is 5.86. The third-order valence-electron chi connectivity index (χ3n) is 3.97. The number of carbonyl (C=O) groups excluding carboxylic acids is 2. The van der Waals surface area contributed by atoms with E-state index in [1.54, 1.807) is 25.3 Å². The van der Waals surface area contributed by atoms with Crippen molar-refractivity contribution in [2.24, 2.45) is 0 Å². The van der Waals surface area contributed by atoms with Crippen LogP contribution in [0.5, 0.6) is 11.5 Å². The molecule has 1 fully saturated rings. The summed E-state index contributed by atoms with van der Waals surface area (Å²) >= 11 is 6.88. The van der Waals surface area contributed by atoms with E-state index in [4.69, 9.17) is 9.47 Å². The number of halogens is 2. The van der Waals surface area contributed by atoms with Gasteiger partial charge in [-0.25, -0.2) is 4.79 Å². The molecule has 3 amide bonds. The number of likely N-dealkylation sites (N-methyl/N-ethyl adjacent to an activating group) is 1. The molecule has 0 spiro atoms. The van der Waals surface area contributed by atoms with Crippen molar-refractivity contribution >= 4 is 49.9 Å². The molecular formula is C19H16Br2N2O4. The number of amides is 3. The Hall–Kier alpha value is -2.32. The largest absolute Gasteiger partial charge is 0.493 e. The highest BCUT2D eigenvalue weighted by Gasteiger charge is 2.30. The molecule has 3 rings (SSSR count). The molecule has 2 aromatic rings. The highest BCUT2D eigenvalue weighted by molar-refractivity contribution is 9.10. The van der Waals surface area contributed by atoms with Gasteiger partial charge < -0.3 is 14.8 Å². The molecule has 0 saturated carbocycles. The summed E-state index contributed by atoms with van der Waals surface area (Å²) in [7, 11) is 2.97. The van der Waals surface area contributed by atoms with Crippen molar-refractivity contribution in [3.05, 3.63) is 62.2 Å². The molecule has 27 heavy (non-hydrogen) atoms. The number of hydrogen-bond acceptors (Lipinski definition) is 4. The van der Waals surface area contributed by atoms with Crippen molar-refractivity contribution in [2.75, 3.05) is 14.2 Å². The molecule has 8 heteroatoms. The number of nitrogens with zero attached hydrogens (tertiary/aromatic N) is 1. The fourth-order valence-electron chi connectivity index (χ4n) is 2.45. The number of imide groups is 1. The van der Waals surface area contributed by atoms with Gasteiger partial charge in [0.25, 0.3) is 5.91 Å². The zero-order chi connectivity index (χ0) is 19.6. The van der Waals surface area contributed by atoms with Gasteiger partial charge in [-0.05, 0) is 41.5 Å². The molecule has 1 aliphatic rings. The maximum absolute atomic E-state index is 12.0. The zero-order valence-corrected chi connectivity index (χ0v) is 17.8. The Balaban J connectivity index is 1.84. The van der Waals surface area contributed by atoms with E-state index in [0.717, 1.165) is 14.9 Å². The second-order valence-electron chi connectivity index (χ2n) is 5.79. The van der Waals surface area contributed by atoms with Crippen LogP contribution < -0.4 is 14.8 Å². The van der Waals surface area contributed by atoms with Gasteiger partial charge in [0.05, 0.1) is 7.11 Å². The van der Waals surface area contributed by atoms with Crippen LogP contribution in [0.25, 0.3) is 6.08 Å². The molecule has 0 bridgehead atoms. The minimum absolute atomic E-state index is 0.203. The Morgan fingerprint density at radius 1 is 1.11 bits per heavy atom. The van der Waals surface area contributed by atoms with Gasteiger partial charge in [0.2, 0.25) is 0 Å². The second-order valence-corrected chi connectivity index (χ2v) is 7.56. The van der Waals surface area contributed by atoms with Crippen LogP contribution in [0.2, 0.25) is 0 Å². The van der Waals surface area contributed by atoms with Crippen LogP contribution >= 0.6 is 31.9 Å². The predicted octanol–water partition coefficient (Wildman–Crippen LogP) is 4.32. The lowest BCUT2D eigenvalue weighted by atomic mass is 10.1. The number of hydrogen-bond donors (Lipinski definition) is 1. The Labute approximate surface area is 173 Å². The van der Waals surface area contributed by atoms with Crippen LogP contribution in [0, 0.1) is 0 Å². The summed E-state index contributed by atoms with van der Waals surface area (Å²) in [6.45, 7) is 0.385. The summed E-state index contributed by atoms with van der Waals surface area (Å²) in [6.07, 6.45) is 1.59. The van der Waals surface area contributed by atoms with E-state index < -0.39 is 6.03 Å². The first kappa shape index (κ1) is 19.4. The third kappa shape index (κ3) is 4.33. The summed E-state index contributed by atoms with van der Waals surface area (Å²) < 4.78 is 13.0. The topological polar surface area (TPSA) is 67.9 Å². The normalized spacial score (nSPS) is 15.3.